The number of aryl methyl sites for hydroxylation is 1. The number of esters is 1. The number of rotatable bonds is 8. The van der Waals surface area contributed by atoms with Crippen molar-refractivity contribution in [2.75, 3.05) is 20.8 Å². The fourth-order valence-electron chi connectivity index (χ4n) is 4.80. The maximum atomic E-state index is 13.9. The van der Waals surface area contributed by atoms with Crippen LogP contribution >= 0.6 is 11.3 Å². The summed E-state index contributed by atoms with van der Waals surface area (Å²) in [6.45, 7) is 5.24. The molecule has 216 valence electrons. The van der Waals surface area contributed by atoms with Crippen LogP contribution in [0.3, 0.4) is 0 Å². The molecule has 11 nitrogen and oxygen atoms in total. The second-order valence-corrected chi connectivity index (χ2v) is 10.4. The number of aromatic nitrogens is 1. The number of ether oxygens (including phenoxy) is 3. The van der Waals surface area contributed by atoms with Crippen LogP contribution in [0.4, 0.5) is 5.69 Å². The van der Waals surface area contributed by atoms with Crippen LogP contribution in [-0.2, 0) is 9.53 Å². The van der Waals surface area contributed by atoms with Gasteiger partial charge >= 0.3 is 5.97 Å². The van der Waals surface area contributed by atoms with Gasteiger partial charge in [-0.3, -0.25) is 19.5 Å². The monoisotopic (exact) mass is 589 g/mol. The Bertz CT molecular complexity index is 1930. The summed E-state index contributed by atoms with van der Waals surface area (Å²) in [5, 5.41) is 11.4. The van der Waals surface area contributed by atoms with Crippen LogP contribution < -0.4 is 24.4 Å². The Hall–Kier alpha value is -4.97. The lowest BCUT2D eigenvalue weighted by Gasteiger charge is -2.25. The van der Waals surface area contributed by atoms with Crippen molar-refractivity contribution >= 4 is 29.1 Å². The SMILES string of the molecule is CCOC(=O)C1=C(C)N=c2s/c(=C\c3ccc(-c4ccc(C)c([N+](=O)[O-])c4)o3)c(=O)n2C1c1ccc(OC)c(OC)c1. The Morgan fingerprint density at radius 1 is 1.12 bits per heavy atom. The molecule has 0 radical (unpaired) electrons. The van der Waals surface area contributed by atoms with E-state index in [-0.39, 0.29) is 23.4 Å². The number of fused-ring (bicyclic) bond motifs is 1. The first-order valence-electron chi connectivity index (χ1n) is 12.9. The summed E-state index contributed by atoms with van der Waals surface area (Å²) in [4.78, 5) is 43.0. The van der Waals surface area contributed by atoms with Crippen molar-refractivity contribution in [2.24, 2.45) is 4.99 Å². The molecular weight excluding hydrogens is 562 g/mol. The van der Waals surface area contributed by atoms with Gasteiger partial charge in [0.1, 0.15) is 11.5 Å². The number of benzene rings is 2. The van der Waals surface area contributed by atoms with Crippen LogP contribution in [0.1, 0.15) is 36.8 Å². The van der Waals surface area contributed by atoms with Gasteiger partial charge in [-0.2, -0.15) is 0 Å². The standard InChI is InChI=1S/C30H27N3O8S/c1-6-40-29(35)26-17(3)31-30-32(27(26)19-9-11-23(38-4)24(14-19)39-5)28(34)25(42-30)15-20-10-12-22(41-20)18-8-7-16(2)21(13-18)33(36)37/h7-15,27H,6H2,1-5H3/b25-15-. The van der Waals surface area contributed by atoms with Crippen LogP contribution in [0.15, 0.2) is 74.0 Å². The Morgan fingerprint density at radius 3 is 2.57 bits per heavy atom. The molecule has 3 heterocycles. The zero-order valence-corrected chi connectivity index (χ0v) is 24.3. The first-order chi connectivity index (χ1) is 20.2. The number of nitrogens with zero attached hydrogens (tertiary/aromatic N) is 3. The quantitative estimate of drug-likeness (QED) is 0.169. The van der Waals surface area contributed by atoms with Crippen molar-refractivity contribution in [1.82, 2.24) is 4.57 Å². The van der Waals surface area contributed by atoms with Gasteiger partial charge in [0.25, 0.3) is 11.2 Å². The third-order valence-corrected chi connectivity index (χ3v) is 7.81. The van der Waals surface area contributed by atoms with E-state index in [0.717, 1.165) is 11.3 Å². The minimum atomic E-state index is -0.831. The van der Waals surface area contributed by atoms with Crippen LogP contribution in [-0.4, -0.2) is 36.3 Å². The molecule has 0 saturated carbocycles. The van der Waals surface area contributed by atoms with Crippen LogP contribution in [0.5, 0.6) is 11.5 Å². The van der Waals surface area contributed by atoms with Gasteiger partial charge in [-0.25, -0.2) is 9.79 Å². The van der Waals surface area contributed by atoms with Crippen molar-refractivity contribution in [2.45, 2.75) is 26.8 Å². The molecule has 12 heteroatoms. The maximum absolute atomic E-state index is 13.9. The van der Waals surface area contributed by atoms with Crippen molar-refractivity contribution < 1.29 is 28.3 Å². The van der Waals surface area contributed by atoms with Gasteiger partial charge in [0.05, 0.1) is 47.6 Å². The van der Waals surface area contributed by atoms with E-state index in [0.29, 0.717) is 54.7 Å². The lowest BCUT2D eigenvalue weighted by molar-refractivity contribution is -0.385. The number of nitro groups is 1. The molecule has 42 heavy (non-hydrogen) atoms. The molecule has 1 aliphatic rings. The first-order valence-corrected chi connectivity index (χ1v) is 13.7. The second-order valence-electron chi connectivity index (χ2n) is 9.38. The van der Waals surface area contributed by atoms with Gasteiger partial charge in [-0.1, -0.05) is 29.5 Å². The van der Waals surface area contributed by atoms with Crippen LogP contribution in [0.2, 0.25) is 0 Å². The predicted octanol–water partition coefficient (Wildman–Crippen LogP) is 4.29. The normalized spacial score (nSPS) is 14.8. The van der Waals surface area contributed by atoms with E-state index in [1.165, 1.54) is 24.9 Å². The zero-order chi connectivity index (χ0) is 30.1. The predicted molar refractivity (Wildman–Crippen MR) is 155 cm³/mol. The van der Waals surface area contributed by atoms with Gasteiger partial charge < -0.3 is 18.6 Å². The Labute approximate surface area is 243 Å². The van der Waals surface area contributed by atoms with E-state index < -0.39 is 16.9 Å². The summed E-state index contributed by atoms with van der Waals surface area (Å²) < 4.78 is 23.9. The van der Waals surface area contributed by atoms with Crippen LogP contribution in [0, 0.1) is 17.0 Å². The highest BCUT2D eigenvalue weighted by molar-refractivity contribution is 7.07. The minimum absolute atomic E-state index is 0.0123. The number of nitro benzene ring substituents is 1. The average molecular weight is 590 g/mol. The highest BCUT2D eigenvalue weighted by atomic mass is 32.1. The van der Waals surface area contributed by atoms with Gasteiger partial charge in [0, 0.05) is 23.3 Å². The van der Waals surface area contributed by atoms with E-state index in [9.17, 15) is 19.7 Å². The fraction of sp³-hybridized carbons (Fsp3) is 0.233. The molecule has 0 amide bonds. The molecule has 0 aliphatic carbocycles. The van der Waals surface area contributed by atoms with Crippen molar-refractivity contribution in [1.29, 1.82) is 0 Å². The molecule has 1 unspecified atom stereocenters. The fourth-order valence-corrected chi connectivity index (χ4v) is 5.83. The van der Waals surface area contributed by atoms with Crippen molar-refractivity contribution in [3.8, 4) is 22.8 Å². The lowest BCUT2D eigenvalue weighted by atomic mass is 9.95. The number of methoxy groups -OCH3 is 2. The van der Waals surface area contributed by atoms with E-state index in [4.69, 9.17) is 18.6 Å². The number of hydrogen-bond acceptors (Lipinski definition) is 10. The third kappa shape index (κ3) is 5.12. The Kier molecular flexibility index (Phi) is 7.81. The van der Waals surface area contributed by atoms with Gasteiger partial charge in [-0.05, 0) is 50.6 Å². The number of carbonyl (C=O) groups is 1. The number of thiazole rings is 1. The molecule has 1 aliphatic heterocycles. The largest absolute Gasteiger partial charge is 0.493 e. The van der Waals surface area contributed by atoms with E-state index >= 15 is 0 Å². The molecule has 1 atom stereocenters. The summed E-state index contributed by atoms with van der Waals surface area (Å²) in [5.74, 6) is 1.16. The first kappa shape index (κ1) is 28.6. The van der Waals surface area contributed by atoms with E-state index in [1.54, 1.807) is 69.3 Å². The minimum Gasteiger partial charge on any atom is -0.493 e. The van der Waals surface area contributed by atoms with E-state index in [1.807, 2.05) is 0 Å². The average Bonchev–Trinajstić information content (AvgIpc) is 3.56. The third-order valence-electron chi connectivity index (χ3n) is 6.83. The molecule has 5 rings (SSSR count). The highest BCUT2D eigenvalue weighted by Crippen LogP contribution is 2.36. The number of furan rings is 1. The number of allylic oxidation sites excluding steroid dienone is 1. The molecular formula is C30H27N3O8S. The summed E-state index contributed by atoms with van der Waals surface area (Å²) in [6.07, 6.45) is 1.59. The number of hydrogen-bond donors (Lipinski definition) is 0. The summed E-state index contributed by atoms with van der Waals surface area (Å²) in [6, 6.07) is 12.6. The number of carbonyl (C=O) groups excluding carboxylic acids is 1. The van der Waals surface area contributed by atoms with Gasteiger partial charge in [0.15, 0.2) is 16.3 Å². The van der Waals surface area contributed by atoms with Gasteiger partial charge in [-0.15, -0.1) is 0 Å². The molecule has 0 N–H and O–H groups in total. The van der Waals surface area contributed by atoms with Crippen molar-refractivity contribution in [3.63, 3.8) is 0 Å². The smallest absolute Gasteiger partial charge is 0.338 e. The van der Waals surface area contributed by atoms with Crippen molar-refractivity contribution in [3.05, 3.63) is 106 Å². The second kappa shape index (κ2) is 11.5. The highest BCUT2D eigenvalue weighted by Gasteiger charge is 2.34. The Balaban J connectivity index is 1.63. The summed E-state index contributed by atoms with van der Waals surface area (Å²) >= 11 is 1.15. The molecule has 0 spiro atoms. The molecule has 2 aromatic heterocycles. The molecule has 0 saturated heterocycles. The Morgan fingerprint density at radius 2 is 1.88 bits per heavy atom. The zero-order valence-electron chi connectivity index (χ0n) is 23.5. The lowest BCUT2D eigenvalue weighted by Crippen LogP contribution is -2.39. The summed E-state index contributed by atoms with van der Waals surface area (Å²) in [7, 11) is 3.03. The molecule has 0 bridgehead atoms. The maximum Gasteiger partial charge on any atom is 0.338 e. The molecule has 0 fully saturated rings. The topological polar surface area (TPSA) is 135 Å². The molecule has 2 aromatic carbocycles. The van der Waals surface area contributed by atoms with Crippen LogP contribution in [0.25, 0.3) is 17.4 Å². The van der Waals surface area contributed by atoms with E-state index in [2.05, 4.69) is 4.99 Å². The summed E-state index contributed by atoms with van der Waals surface area (Å²) in [5.41, 5.74) is 1.97. The molecule has 4 aromatic rings. The van der Waals surface area contributed by atoms with Gasteiger partial charge in [0.2, 0.25) is 0 Å².